The molecule has 5 nitrogen and oxygen atoms in total. The van der Waals surface area contributed by atoms with Crippen LogP contribution in [0.3, 0.4) is 0 Å². The van der Waals surface area contributed by atoms with E-state index >= 15 is 0 Å². The van der Waals surface area contributed by atoms with E-state index < -0.39 is 18.1 Å². The smallest absolute Gasteiger partial charge is 0.480 e. The van der Waals surface area contributed by atoms with Crippen molar-refractivity contribution in [2.24, 2.45) is 0 Å². The van der Waals surface area contributed by atoms with Gasteiger partial charge in [-0.2, -0.15) is 13.2 Å². The number of likely N-dealkylation sites (N-methyl/N-ethyl adjacent to an activating group) is 1. The monoisotopic (exact) mass is 305 g/mol. The third-order valence-corrected chi connectivity index (χ3v) is 3.01. The van der Waals surface area contributed by atoms with E-state index in [0.717, 1.165) is 12.1 Å². The Morgan fingerprint density at radius 3 is 2.10 bits per heavy atom. The molecule has 0 spiro atoms. The molecule has 116 valence electrons. The van der Waals surface area contributed by atoms with Crippen LogP contribution in [-0.4, -0.2) is 46.3 Å². The molecule has 0 bridgehead atoms. The number of carboxylic acids is 2. The first-order valence-corrected chi connectivity index (χ1v) is 5.93. The summed E-state index contributed by atoms with van der Waals surface area (Å²) >= 11 is 0. The molecule has 0 aliphatic carbocycles. The number of fused-ring (bicyclic) bond motifs is 1. The van der Waals surface area contributed by atoms with Crippen LogP contribution < -0.4 is 0 Å². The summed E-state index contributed by atoms with van der Waals surface area (Å²) in [6.45, 7) is 0.729. The van der Waals surface area contributed by atoms with Gasteiger partial charge in [-0.1, -0.05) is 24.3 Å². The number of nitrogens with zero attached hydrogens (tertiary/aromatic N) is 1. The minimum absolute atomic E-state index is 0.370. The Hall–Kier alpha value is -2.09. The zero-order valence-corrected chi connectivity index (χ0v) is 11.1. The molecule has 1 aliphatic rings. The maximum atomic E-state index is 10.9. The lowest BCUT2D eigenvalue weighted by Crippen LogP contribution is -2.42. The number of hydrogen-bond acceptors (Lipinski definition) is 3. The zero-order valence-electron chi connectivity index (χ0n) is 11.1. The van der Waals surface area contributed by atoms with Crippen molar-refractivity contribution in [3.8, 4) is 0 Å². The number of rotatable bonds is 1. The van der Waals surface area contributed by atoms with Crippen molar-refractivity contribution in [3.05, 3.63) is 35.4 Å². The molecule has 0 fully saturated rings. The normalized spacial score (nSPS) is 18.2. The van der Waals surface area contributed by atoms with Gasteiger partial charge in [0.1, 0.15) is 6.04 Å². The van der Waals surface area contributed by atoms with Crippen molar-refractivity contribution in [2.45, 2.75) is 25.2 Å². The SMILES string of the molecule is CN1Cc2ccccc2CC1C(=O)O.O=C(O)C(F)(F)F. The molecule has 1 aromatic carbocycles. The summed E-state index contributed by atoms with van der Waals surface area (Å²) in [5.41, 5.74) is 2.41. The third kappa shape index (κ3) is 4.75. The molecule has 0 radical (unpaired) electrons. The van der Waals surface area contributed by atoms with Crippen molar-refractivity contribution in [1.29, 1.82) is 0 Å². The van der Waals surface area contributed by atoms with E-state index in [-0.39, 0.29) is 6.04 Å². The molecule has 1 aromatic rings. The number of carboxylic acid groups (broad SMARTS) is 2. The van der Waals surface area contributed by atoms with Crippen molar-refractivity contribution < 1.29 is 33.0 Å². The van der Waals surface area contributed by atoms with Crippen LogP contribution in [0.1, 0.15) is 11.1 Å². The Morgan fingerprint density at radius 1 is 1.19 bits per heavy atom. The van der Waals surface area contributed by atoms with Crippen molar-refractivity contribution >= 4 is 11.9 Å². The lowest BCUT2D eigenvalue weighted by molar-refractivity contribution is -0.192. The number of alkyl halides is 3. The molecule has 2 rings (SSSR count). The van der Waals surface area contributed by atoms with Gasteiger partial charge in [-0.3, -0.25) is 9.69 Å². The number of hydrogen-bond donors (Lipinski definition) is 2. The first-order valence-electron chi connectivity index (χ1n) is 5.93. The summed E-state index contributed by atoms with van der Waals surface area (Å²) in [4.78, 5) is 21.7. The predicted molar refractivity (Wildman–Crippen MR) is 66.7 cm³/mol. The second-order valence-corrected chi connectivity index (χ2v) is 4.54. The van der Waals surface area contributed by atoms with Gasteiger partial charge in [0.25, 0.3) is 0 Å². The van der Waals surface area contributed by atoms with Crippen LogP contribution in [0.25, 0.3) is 0 Å². The van der Waals surface area contributed by atoms with Crippen LogP contribution in [0.5, 0.6) is 0 Å². The molecule has 0 aromatic heterocycles. The van der Waals surface area contributed by atoms with Gasteiger partial charge in [0, 0.05) is 6.54 Å². The average molecular weight is 305 g/mol. The lowest BCUT2D eigenvalue weighted by Gasteiger charge is -2.30. The predicted octanol–water partition coefficient (Wildman–Crippen LogP) is 1.76. The van der Waals surface area contributed by atoms with E-state index in [1.165, 1.54) is 5.56 Å². The number of benzene rings is 1. The van der Waals surface area contributed by atoms with E-state index in [1.54, 1.807) is 0 Å². The maximum absolute atomic E-state index is 10.9. The fourth-order valence-corrected chi connectivity index (χ4v) is 1.93. The molecule has 2 N–H and O–H groups in total. The second-order valence-electron chi connectivity index (χ2n) is 4.54. The second kappa shape index (κ2) is 6.57. The Balaban J connectivity index is 0.000000270. The Kier molecular flexibility index (Phi) is 5.31. The van der Waals surface area contributed by atoms with E-state index in [9.17, 15) is 18.0 Å². The molecular weight excluding hydrogens is 291 g/mol. The minimum Gasteiger partial charge on any atom is -0.480 e. The minimum atomic E-state index is -5.08. The van der Waals surface area contributed by atoms with Crippen molar-refractivity contribution in [3.63, 3.8) is 0 Å². The fourth-order valence-electron chi connectivity index (χ4n) is 1.93. The summed E-state index contributed by atoms with van der Waals surface area (Å²) < 4.78 is 31.7. The van der Waals surface area contributed by atoms with Crippen LogP contribution >= 0.6 is 0 Å². The van der Waals surface area contributed by atoms with Crippen LogP contribution in [0, 0.1) is 0 Å². The first kappa shape index (κ1) is 17.0. The highest BCUT2D eigenvalue weighted by Crippen LogP contribution is 2.21. The molecule has 0 saturated heterocycles. The quantitative estimate of drug-likeness (QED) is 0.826. The van der Waals surface area contributed by atoms with Crippen molar-refractivity contribution in [1.82, 2.24) is 4.90 Å². The highest BCUT2D eigenvalue weighted by Gasteiger charge is 2.38. The Labute approximate surface area is 118 Å². The first-order chi connectivity index (χ1) is 9.62. The van der Waals surface area contributed by atoms with Crippen LogP contribution in [0.15, 0.2) is 24.3 Å². The number of carbonyl (C=O) groups is 2. The molecule has 1 unspecified atom stereocenters. The van der Waals surface area contributed by atoms with Gasteiger partial charge in [-0.05, 0) is 24.6 Å². The largest absolute Gasteiger partial charge is 0.490 e. The van der Waals surface area contributed by atoms with Gasteiger partial charge >= 0.3 is 18.1 Å². The summed E-state index contributed by atoms with van der Waals surface area (Å²) in [7, 11) is 1.86. The molecule has 21 heavy (non-hydrogen) atoms. The van der Waals surface area contributed by atoms with Crippen molar-refractivity contribution in [2.75, 3.05) is 7.05 Å². The molecule has 1 heterocycles. The lowest BCUT2D eigenvalue weighted by atomic mass is 9.95. The van der Waals surface area contributed by atoms with E-state index in [0.29, 0.717) is 6.42 Å². The van der Waals surface area contributed by atoms with E-state index in [1.807, 2.05) is 30.1 Å². The van der Waals surface area contributed by atoms with Gasteiger partial charge in [0.2, 0.25) is 0 Å². The molecule has 0 saturated carbocycles. The molecule has 8 heteroatoms. The highest BCUT2D eigenvalue weighted by atomic mass is 19.4. The molecule has 1 atom stereocenters. The van der Waals surface area contributed by atoms with Gasteiger partial charge in [0.15, 0.2) is 0 Å². The molecule has 1 aliphatic heterocycles. The number of halogens is 3. The topological polar surface area (TPSA) is 77.8 Å². The van der Waals surface area contributed by atoms with Gasteiger partial charge < -0.3 is 10.2 Å². The highest BCUT2D eigenvalue weighted by molar-refractivity contribution is 5.74. The van der Waals surface area contributed by atoms with Gasteiger partial charge in [0.05, 0.1) is 0 Å². The Bertz CT molecular complexity index is 530. The standard InChI is InChI=1S/C11H13NO2.C2HF3O2/c1-12-7-9-5-3-2-4-8(9)6-10(12)11(13)14;3-2(4,5)1(6)7/h2-5,10H,6-7H2,1H3,(H,13,14);(H,6,7). The summed E-state index contributed by atoms with van der Waals surface area (Å²) in [6, 6.07) is 7.66. The van der Waals surface area contributed by atoms with Crippen LogP contribution in [0.2, 0.25) is 0 Å². The van der Waals surface area contributed by atoms with E-state index in [4.69, 9.17) is 15.0 Å². The third-order valence-electron chi connectivity index (χ3n) is 3.01. The maximum Gasteiger partial charge on any atom is 0.490 e. The van der Waals surface area contributed by atoms with Gasteiger partial charge in [-0.15, -0.1) is 0 Å². The molecular formula is C13H14F3NO4. The fraction of sp³-hybridized carbons (Fsp3) is 0.385. The molecule has 0 amide bonds. The van der Waals surface area contributed by atoms with Crippen LogP contribution in [0.4, 0.5) is 13.2 Å². The summed E-state index contributed by atoms with van der Waals surface area (Å²) in [6.07, 6.45) is -4.47. The summed E-state index contributed by atoms with van der Waals surface area (Å²) in [5.74, 6) is -3.49. The zero-order chi connectivity index (χ0) is 16.2. The average Bonchev–Trinajstić information content (AvgIpc) is 2.37. The van der Waals surface area contributed by atoms with E-state index in [2.05, 4.69) is 6.07 Å². The number of aliphatic carboxylic acids is 2. The van der Waals surface area contributed by atoms with Crippen LogP contribution in [-0.2, 0) is 22.6 Å². The van der Waals surface area contributed by atoms with Gasteiger partial charge in [-0.25, -0.2) is 4.79 Å². The summed E-state index contributed by atoms with van der Waals surface area (Å²) in [5, 5.41) is 16.1. The Morgan fingerprint density at radius 2 is 1.67 bits per heavy atom.